The minimum absolute atomic E-state index is 0.0513. The molecule has 0 fully saturated rings. The highest BCUT2D eigenvalue weighted by Gasteiger charge is 2.36. The van der Waals surface area contributed by atoms with Gasteiger partial charge in [0.05, 0.1) is 11.3 Å². The number of hydrogen-bond acceptors (Lipinski definition) is 3. The van der Waals surface area contributed by atoms with E-state index in [9.17, 15) is 4.79 Å². The number of carbonyl (C=O) groups excluding carboxylic acids is 1. The molecule has 126 valence electrons. The van der Waals surface area contributed by atoms with Crippen molar-refractivity contribution in [3.63, 3.8) is 0 Å². The molecule has 0 radical (unpaired) electrons. The molecule has 0 bridgehead atoms. The minimum atomic E-state index is 0.0513. The monoisotopic (exact) mass is 357 g/mol. The number of para-hydroxylation sites is 2. The molecular weight excluding hydrogens is 341 g/mol. The van der Waals surface area contributed by atoms with Gasteiger partial charge in [0.2, 0.25) is 5.88 Å². The number of hydrogen-bond donors (Lipinski definition) is 0. The average Bonchev–Trinajstić information content (AvgIpc) is 3.20. The van der Waals surface area contributed by atoms with Gasteiger partial charge in [-0.05, 0) is 35.1 Å². The van der Waals surface area contributed by atoms with E-state index in [0.717, 1.165) is 33.6 Å². The van der Waals surface area contributed by atoms with Gasteiger partial charge in [-0.2, -0.15) is 0 Å². The molecule has 1 unspecified atom stereocenters. The largest absolute Gasteiger partial charge is 0.438 e. The first-order valence-corrected chi connectivity index (χ1v) is 9.08. The van der Waals surface area contributed by atoms with Gasteiger partial charge < -0.3 is 4.74 Å². The van der Waals surface area contributed by atoms with Crippen molar-refractivity contribution in [2.45, 2.75) is 6.42 Å². The fourth-order valence-electron chi connectivity index (χ4n) is 3.61. The molecule has 3 aromatic carbocycles. The zero-order valence-electron chi connectivity index (χ0n) is 14.0. The first kappa shape index (κ1) is 15.4. The summed E-state index contributed by atoms with van der Waals surface area (Å²) in [5.41, 5.74) is 4.47. The maximum absolute atomic E-state index is 13.0. The number of Topliss-reactive ketones (excluding diaryl/α,β-unsaturated/α-hetero) is 1. The van der Waals surface area contributed by atoms with E-state index in [1.165, 1.54) is 0 Å². The normalized spacial score (nSPS) is 17.9. The highest BCUT2D eigenvalue weighted by Crippen LogP contribution is 2.46. The molecule has 0 aromatic heterocycles. The van der Waals surface area contributed by atoms with Crippen LogP contribution in [-0.4, -0.2) is 5.78 Å². The third-order valence-corrected chi connectivity index (χ3v) is 5.16. The first-order chi connectivity index (χ1) is 12.7. The Morgan fingerprint density at radius 2 is 1.73 bits per heavy atom. The second-order valence-electron chi connectivity index (χ2n) is 6.45. The van der Waals surface area contributed by atoms with Gasteiger partial charge in [-0.25, -0.2) is 0 Å². The lowest BCUT2D eigenvalue weighted by Gasteiger charge is -2.20. The van der Waals surface area contributed by atoms with Gasteiger partial charge >= 0.3 is 0 Å². The Bertz CT molecular complexity index is 1090. The molecule has 5 rings (SSSR count). The Labute approximate surface area is 154 Å². The number of ether oxygens (including phenoxy) is 1. The van der Waals surface area contributed by atoms with Crippen LogP contribution in [0, 0.1) is 0 Å². The molecule has 2 aliphatic rings. The molecule has 3 aromatic rings. The van der Waals surface area contributed by atoms with Gasteiger partial charge in [0.15, 0.2) is 11.5 Å². The van der Waals surface area contributed by atoms with Gasteiger partial charge in [-0.1, -0.05) is 48.5 Å². The Kier molecular flexibility index (Phi) is 3.44. The summed E-state index contributed by atoms with van der Waals surface area (Å²) in [4.78, 5) is 15.1. The highest BCUT2D eigenvalue weighted by atomic mass is 31.0. The molecule has 3 nitrogen and oxygen atoms in total. The zero-order chi connectivity index (χ0) is 17.7. The third kappa shape index (κ3) is 2.28. The van der Waals surface area contributed by atoms with E-state index in [-0.39, 0.29) is 5.78 Å². The number of fused-ring (bicyclic) bond motifs is 2. The zero-order valence-corrected chi connectivity index (χ0v) is 15.1. The number of carbonyl (C=O) groups is 1. The van der Waals surface area contributed by atoms with E-state index in [4.69, 9.17) is 4.74 Å². The van der Waals surface area contributed by atoms with E-state index >= 15 is 0 Å². The van der Waals surface area contributed by atoms with Gasteiger partial charge in [-0.15, -0.1) is 9.24 Å². The number of rotatable bonds is 1. The quantitative estimate of drug-likeness (QED) is 0.478. The fourth-order valence-corrected chi connectivity index (χ4v) is 3.89. The van der Waals surface area contributed by atoms with Crippen molar-refractivity contribution in [2.75, 3.05) is 4.90 Å². The van der Waals surface area contributed by atoms with Crippen molar-refractivity contribution in [3.8, 4) is 5.75 Å². The summed E-state index contributed by atoms with van der Waals surface area (Å²) >= 11 is 0. The minimum Gasteiger partial charge on any atom is -0.438 e. The topological polar surface area (TPSA) is 29.5 Å². The number of ketones is 1. The second-order valence-corrected chi connectivity index (χ2v) is 7.11. The SMILES string of the molecule is O=C1/C(=C2\Oc3ccccc3N2c2cccc(P)c2)Cc2ccccc21. The molecule has 0 amide bonds. The van der Waals surface area contributed by atoms with Crippen LogP contribution in [0.15, 0.2) is 84.3 Å². The molecule has 1 atom stereocenters. The second kappa shape index (κ2) is 5.82. The van der Waals surface area contributed by atoms with Crippen molar-refractivity contribution in [1.29, 1.82) is 0 Å². The lowest BCUT2D eigenvalue weighted by molar-refractivity contribution is 0.103. The Morgan fingerprint density at radius 1 is 0.923 bits per heavy atom. The van der Waals surface area contributed by atoms with Crippen molar-refractivity contribution in [2.24, 2.45) is 0 Å². The van der Waals surface area contributed by atoms with E-state index in [2.05, 4.69) is 15.3 Å². The van der Waals surface area contributed by atoms with E-state index in [1.54, 1.807) is 0 Å². The predicted molar refractivity (Wildman–Crippen MR) is 106 cm³/mol. The number of allylic oxidation sites excluding steroid dienone is 1. The summed E-state index contributed by atoms with van der Waals surface area (Å²) in [6, 6.07) is 23.8. The van der Waals surface area contributed by atoms with Crippen LogP contribution in [-0.2, 0) is 6.42 Å². The van der Waals surface area contributed by atoms with Crippen molar-refractivity contribution < 1.29 is 9.53 Å². The maximum atomic E-state index is 13.0. The maximum Gasteiger partial charge on any atom is 0.212 e. The molecular formula is C22H16NO2P. The van der Waals surface area contributed by atoms with Crippen LogP contribution in [0.5, 0.6) is 5.75 Å². The van der Waals surface area contributed by atoms with Crippen LogP contribution in [0.4, 0.5) is 11.4 Å². The Balaban J connectivity index is 1.71. The van der Waals surface area contributed by atoms with Crippen LogP contribution in [0.2, 0.25) is 0 Å². The summed E-state index contributed by atoms with van der Waals surface area (Å²) in [6.45, 7) is 0. The van der Waals surface area contributed by atoms with Crippen LogP contribution in [0.1, 0.15) is 15.9 Å². The summed E-state index contributed by atoms with van der Waals surface area (Å²) in [5, 5.41) is 1.08. The molecule has 1 aliphatic carbocycles. The highest BCUT2D eigenvalue weighted by molar-refractivity contribution is 7.27. The molecule has 4 heteroatoms. The number of anilines is 2. The molecule has 0 N–H and O–H groups in total. The lowest BCUT2D eigenvalue weighted by atomic mass is 10.1. The van der Waals surface area contributed by atoms with Gasteiger partial charge in [-0.3, -0.25) is 9.69 Å². The van der Waals surface area contributed by atoms with Crippen LogP contribution in [0.25, 0.3) is 0 Å². The van der Waals surface area contributed by atoms with Crippen molar-refractivity contribution in [3.05, 3.63) is 95.4 Å². The summed E-state index contributed by atoms with van der Waals surface area (Å²) < 4.78 is 6.18. The van der Waals surface area contributed by atoms with Crippen LogP contribution in [0.3, 0.4) is 0 Å². The van der Waals surface area contributed by atoms with Gasteiger partial charge in [0.25, 0.3) is 0 Å². The lowest BCUT2D eigenvalue weighted by Crippen LogP contribution is -2.19. The third-order valence-electron chi connectivity index (χ3n) is 4.81. The van der Waals surface area contributed by atoms with Gasteiger partial charge in [0, 0.05) is 17.7 Å². The van der Waals surface area contributed by atoms with Crippen LogP contribution < -0.4 is 14.9 Å². The Morgan fingerprint density at radius 3 is 2.58 bits per heavy atom. The van der Waals surface area contributed by atoms with E-state index in [0.29, 0.717) is 17.9 Å². The molecule has 0 saturated heterocycles. The van der Waals surface area contributed by atoms with Crippen molar-refractivity contribution >= 4 is 31.7 Å². The van der Waals surface area contributed by atoms with E-state index < -0.39 is 0 Å². The van der Waals surface area contributed by atoms with Crippen LogP contribution >= 0.6 is 9.24 Å². The van der Waals surface area contributed by atoms with E-state index in [1.807, 2.05) is 71.6 Å². The Hall–Kier alpha value is -2.90. The van der Waals surface area contributed by atoms with Gasteiger partial charge in [0.1, 0.15) is 0 Å². The average molecular weight is 357 g/mol. The predicted octanol–water partition coefficient (Wildman–Crippen LogP) is 4.37. The summed E-state index contributed by atoms with van der Waals surface area (Å²) in [5.74, 6) is 1.44. The smallest absolute Gasteiger partial charge is 0.212 e. The molecule has 0 spiro atoms. The molecule has 1 aliphatic heterocycles. The standard InChI is InChI=1S/C22H16NO2P/c24-21-17-9-2-1-6-14(17)12-18(21)22-23(15-7-5-8-16(26)13-15)19-10-3-4-11-20(19)25-22/h1-11,13H,12,26H2/b22-18-. The molecule has 1 heterocycles. The summed E-state index contributed by atoms with van der Waals surface area (Å²) in [6.07, 6.45) is 0.593. The fraction of sp³-hybridized carbons (Fsp3) is 0.0455. The number of benzene rings is 3. The molecule has 26 heavy (non-hydrogen) atoms. The molecule has 0 saturated carbocycles. The van der Waals surface area contributed by atoms with Crippen molar-refractivity contribution in [1.82, 2.24) is 0 Å². The summed E-state index contributed by atoms with van der Waals surface area (Å²) in [7, 11) is 2.72. The number of nitrogens with zero attached hydrogens (tertiary/aromatic N) is 1. The first-order valence-electron chi connectivity index (χ1n) is 8.51.